The smallest absolute Gasteiger partial charge is 0.251 e. The molecule has 1 heterocycles. The van der Waals surface area contributed by atoms with Crippen molar-refractivity contribution >= 4 is 27.5 Å². The molecule has 0 saturated carbocycles. The maximum Gasteiger partial charge on any atom is 0.251 e. The summed E-state index contributed by atoms with van der Waals surface area (Å²) in [6.07, 6.45) is 0. The summed E-state index contributed by atoms with van der Waals surface area (Å²) in [4.78, 5) is 16.0. The number of benzene rings is 1. The van der Waals surface area contributed by atoms with E-state index in [4.69, 9.17) is 5.11 Å². The van der Waals surface area contributed by atoms with E-state index in [-0.39, 0.29) is 19.1 Å². The minimum Gasteiger partial charge on any atom is -0.395 e. The van der Waals surface area contributed by atoms with Crippen LogP contribution in [0.5, 0.6) is 0 Å². The van der Waals surface area contributed by atoms with Crippen LogP contribution in [0.3, 0.4) is 0 Å². The fraction of sp³-hybridized carbons (Fsp3) is 0.200. The van der Waals surface area contributed by atoms with E-state index >= 15 is 0 Å². The molecule has 5 nitrogen and oxygen atoms in total. The van der Waals surface area contributed by atoms with Crippen LogP contribution in [0.15, 0.2) is 47.1 Å². The molecule has 0 radical (unpaired) electrons. The quantitative estimate of drug-likeness (QED) is 0.698. The van der Waals surface area contributed by atoms with E-state index in [1.807, 2.05) is 30.3 Å². The Bertz CT molecular complexity index is 602. The minimum atomic E-state index is -0.191. The lowest BCUT2D eigenvalue weighted by atomic mass is 10.2. The molecule has 1 amide bonds. The summed E-state index contributed by atoms with van der Waals surface area (Å²) in [5, 5.41) is 14.5. The first-order valence-corrected chi connectivity index (χ1v) is 7.33. The molecule has 0 spiro atoms. The molecule has 0 aliphatic carbocycles. The number of nitrogens with zero attached hydrogens (tertiary/aromatic N) is 1. The van der Waals surface area contributed by atoms with E-state index in [0.717, 1.165) is 16.0 Å². The Balaban J connectivity index is 1.92. The number of rotatable bonds is 6. The molecule has 0 atom stereocenters. The van der Waals surface area contributed by atoms with Gasteiger partial charge in [-0.25, -0.2) is 4.98 Å². The first kappa shape index (κ1) is 15.5. The normalized spacial score (nSPS) is 10.2. The van der Waals surface area contributed by atoms with Gasteiger partial charge in [0.25, 0.3) is 5.91 Å². The van der Waals surface area contributed by atoms with Crippen LogP contribution in [-0.4, -0.2) is 29.1 Å². The molecule has 2 aromatic rings. The average molecular weight is 350 g/mol. The lowest BCUT2D eigenvalue weighted by molar-refractivity contribution is 0.0945. The maximum absolute atomic E-state index is 11.7. The molecule has 6 heteroatoms. The van der Waals surface area contributed by atoms with Crippen LogP contribution in [0.2, 0.25) is 0 Å². The van der Waals surface area contributed by atoms with Gasteiger partial charge >= 0.3 is 0 Å². The molecule has 3 N–H and O–H groups in total. The van der Waals surface area contributed by atoms with Crippen molar-refractivity contribution in [1.29, 1.82) is 0 Å². The van der Waals surface area contributed by atoms with Gasteiger partial charge in [-0.05, 0) is 52.3 Å². The topological polar surface area (TPSA) is 74.2 Å². The van der Waals surface area contributed by atoms with Gasteiger partial charge in [0.05, 0.1) is 18.8 Å². The summed E-state index contributed by atoms with van der Waals surface area (Å²) in [6, 6.07) is 12.9. The predicted octanol–water partition coefficient (Wildman–Crippen LogP) is 2.18. The Labute approximate surface area is 131 Å². The highest BCUT2D eigenvalue weighted by Gasteiger charge is 2.04. The molecule has 0 bridgehead atoms. The van der Waals surface area contributed by atoms with Crippen LogP contribution in [-0.2, 0) is 6.54 Å². The van der Waals surface area contributed by atoms with Gasteiger partial charge in [0.15, 0.2) is 0 Å². The van der Waals surface area contributed by atoms with Gasteiger partial charge < -0.3 is 15.7 Å². The predicted molar refractivity (Wildman–Crippen MR) is 85.1 cm³/mol. The lowest BCUT2D eigenvalue weighted by Gasteiger charge is -2.08. The number of aliphatic hydroxyl groups excluding tert-OH is 1. The second-order valence-corrected chi connectivity index (χ2v) is 5.17. The Kier molecular flexibility index (Phi) is 5.71. The standard InChI is InChI=1S/C15H16BrN3O2/c16-14-3-1-2-13(19-14)10-18-12-6-4-11(5-7-12)15(21)17-8-9-20/h1-7,18,20H,8-10H2,(H,17,21). The zero-order chi connectivity index (χ0) is 15.1. The van der Waals surface area contributed by atoms with Crippen molar-refractivity contribution in [2.24, 2.45) is 0 Å². The maximum atomic E-state index is 11.7. The minimum absolute atomic E-state index is 0.0645. The molecule has 110 valence electrons. The second-order valence-electron chi connectivity index (χ2n) is 4.36. The van der Waals surface area contributed by atoms with Crippen LogP contribution < -0.4 is 10.6 Å². The fourth-order valence-corrected chi connectivity index (χ4v) is 2.13. The number of anilines is 1. The van der Waals surface area contributed by atoms with E-state index in [2.05, 4.69) is 31.5 Å². The highest BCUT2D eigenvalue weighted by Crippen LogP contribution is 2.12. The third-order valence-electron chi connectivity index (χ3n) is 2.79. The van der Waals surface area contributed by atoms with Crippen LogP contribution >= 0.6 is 15.9 Å². The first-order chi connectivity index (χ1) is 10.2. The van der Waals surface area contributed by atoms with E-state index in [1.165, 1.54) is 0 Å². The summed E-state index contributed by atoms with van der Waals surface area (Å²) in [6.45, 7) is 0.800. The van der Waals surface area contributed by atoms with Gasteiger partial charge in [0, 0.05) is 17.8 Å². The number of hydrogen-bond acceptors (Lipinski definition) is 4. The van der Waals surface area contributed by atoms with Crippen molar-refractivity contribution in [2.75, 3.05) is 18.5 Å². The number of nitrogens with one attached hydrogen (secondary N) is 2. The van der Waals surface area contributed by atoms with Crippen molar-refractivity contribution in [3.63, 3.8) is 0 Å². The summed E-state index contributed by atoms with van der Waals surface area (Å²) in [7, 11) is 0. The molecule has 0 unspecified atom stereocenters. The SMILES string of the molecule is O=C(NCCO)c1ccc(NCc2cccc(Br)n2)cc1. The van der Waals surface area contributed by atoms with Gasteiger partial charge in [-0.3, -0.25) is 4.79 Å². The fourth-order valence-electron chi connectivity index (χ4n) is 1.75. The monoisotopic (exact) mass is 349 g/mol. The van der Waals surface area contributed by atoms with Crippen molar-refractivity contribution in [1.82, 2.24) is 10.3 Å². The molecule has 0 aliphatic rings. The summed E-state index contributed by atoms with van der Waals surface area (Å²) < 4.78 is 0.803. The Morgan fingerprint density at radius 1 is 1.19 bits per heavy atom. The number of halogens is 1. The summed E-state index contributed by atoms with van der Waals surface area (Å²) in [5.41, 5.74) is 2.40. The number of hydrogen-bond donors (Lipinski definition) is 3. The van der Waals surface area contributed by atoms with Gasteiger partial charge in [-0.2, -0.15) is 0 Å². The Morgan fingerprint density at radius 3 is 2.62 bits per heavy atom. The zero-order valence-electron chi connectivity index (χ0n) is 11.3. The molecule has 1 aromatic heterocycles. The third kappa shape index (κ3) is 4.84. The van der Waals surface area contributed by atoms with Gasteiger partial charge in [-0.15, -0.1) is 0 Å². The van der Waals surface area contributed by atoms with Crippen LogP contribution in [0.1, 0.15) is 16.1 Å². The molecule has 2 rings (SSSR count). The Hall–Kier alpha value is -1.92. The number of carbonyl (C=O) groups is 1. The molecule has 1 aromatic carbocycles. The van der Waals surface area contributed by atoms with Crippen LogP contribution in [0.25, 0.3) is 0 Å². The van der Waals surface area contributed by atoms with E-state index < -0.39 is 0 Å². The van der Waals surface area contributed by atoms with Gasteiger partial charge in [0.2, 0.25) is 0 Å². The number of amides is 1. The molecule has 0 aliphatic heterocycles. The number of aliphatic hydroxyl groups is 1. The molecule has 21 heavy (non-hydrogen) atoms. The number of aromatic nitrogens is 1. The average Bonchev–Trinajstić information content (AvgIpc) is 2.51. The van der Waals surface area contributed by atoms with Crippen LogP contribution in [0, 0.1) is 0 Å². The highest BCUT2D eigenvalue weighted by molar-refractivity contribution is 9.10. The van der Waals surface area contributed by atoms with Crippen molar-refractivity contribution in [2.45, 2.75) is 6.54 Å². The second kappa shape index (κ2) is 7.75. The van der Waals surface area contributed by atoms with E-state index in [0.29, 0.717) is 12.1 Å². The molecular weight excluding hydrogens is 334 g/mol. The van der Waals surface area contributed by atoms with E-state index in [1.54, 1.807) is 12.1 Å². The molecular formula is C15H16BrN3O2. The number of carbonyl (C=O) groups excluding carboxylic acids is 1. The van der Waals surface area contributed by atoms with Gasteiger partial charge in [-0.1, -0.05) is 6.07 Å². The highest BCUT2D eigenvalue weighted by atomic mass is 79.9. The first-order valence-electron chi connectivity index (χ1n) is 6.53. The lowest BCUT2D eigenvalue weighted by Crippen LogP contribution is -2.26. The summed E-state index contributed by atoms with van der Waals surface area (Å²) in [5.74, 6) is -0.191. The zero-order valence-corrected chi connectivity index (χ0v) is 12.9. The molecule has 0 fully saturated rings. The Morgan fingerprint density at radius 2 is 1.95 bits per heavy atom. The molecule has 0 saturated heterocycles. The van der Waals surface area contributed by atoms with Crippen molar-refractivity contribution < 1.29 is 9.90 Å². The van der Waals surface area contributed by atoms with Crippen LogP contribution in [0.4, 0.5) is 5.69 Å². The van der Waals surface area contributed by atoms with E-state index in [9.17, 15) is 4.79 Å². The largest absolute Gasteiger partial charge is 0.395 e. The van der Waals surface area contributed by atoms with Crippen molar-refractivity contribution in [3.05, 3.63) is 58.3 Å². The summed E-state index contributed by atoms with van der Waals surface area (Å²) >= 11 is 3.33. The third-order valence-corrected chi connectivity index (χ3v) is 3.23. The van der Waals surface area contributed by atoms with Crippen molar-refractivity contribution in [3.8, 4) is 0 Å². The number of pyridine rings is 1. The van der Waals surface area contributed by atoms with Gasteiger partial charge in [0.1, 0.15) is 4.60 Å².